The third-order valence-corrected chi connectivity index (χ3v) is 2.77. The van der Waals surface area contributed by atoms with Crippen LogP contribution in [-0.2, 0) is 9.59 Å². The van der Waals surface area contributed by atoms with Crippen molar-refractivity contribution in [2.45, 2.75) is 0 Å². The van der Waals surface area contributed by atoms with E-state index in [1.807, 2.05) is 0 Å². The number of hydrogen-bond acceptors (Lipinski definition) is 3. The largest absolute Gasteiger partial charge is 0.480 e. The fourth-order valence-corrected chi connectivity index (χ4v) is 1.69. The van der Waals surface area contributed by atoms with E-state index in [-0.39, 0.29) is 0 Å². The molecule has 0 aliphatic rings. The van der Waals surface area contributed by atoms with Gasteiger partial charge in [-0.1, -0.05) is 12.1 Å². The fourth-order valence-electron chi connectivity index (χ4n) is 1.31. The van der Waals surface area contributed by atoms with E-state index >= 15 is 0 Å². The quantitative estimate of drug-likeness (QED) is 0.743. The van der Waals surface area contributed by atoms with Crippen molar-refractivity contribution >= 4 is 39.5 Å². The number of nitrogens with two attached hydrogens (primary N) is 1. The van der Waals surface area contributed by atoms with E-state index in [0.717, 1.165) is 4.90 Å². The maximum atomic E-state index is 11.9. The number of aliphatic carboxylic acids is 1. The second-order valence-electron chi connectivity index (χ2n) is 3.63. The molecule has 1 rings (SSSR count). The molecule has 0 aliphatic heterocycles. The van der Waals surface area contributed by atoms with Gasteiger partial charge in [0, 0.05) is 4.47 Å². The van der Waals surface area contributed by atoms with Crippen LogP contribution in [0.4, 0.5) is 10.5 Å². The van der Waals surface area contributed by atoms with E-state index in [1.165, 1.54) is 0 Å². The molecule has 3 amide bonds. The minimum absolute atomic E-state index is 0.465. The van der Waals surface area contributed by atoms with E-state index in [2.05, 4.69) is 21.2 Å². The van der Waals surface area contributed by atoms with Crippen LogP contribution >= 0.6 is 15.9 Å². The number of carboxylic acid groups (broad SMARTS) is 1. The van der Waals surface area contributed by atoms with Gasteiger partial charge in [0.2, 0.25) is 5.91 Å². The summed E-state index contributed by atoms with van der Waals surface area (Å²) < 4.78 is 0.637. The highest BCUT2D eigenvalue weighted by Gasteiger charge is 2.19. The summed E-state index contributed by atoms with van der Waals surface area (Å²) >= 11 is 3.23. The van der Waals surface area contributed by atoms with Gasteiger partial charge in [-0.3, -0.25) is 9.59 Å². The van der Waals surface area contributed by atoms with Crippen molar-refractivity contribution in [2.24, 2.45) is 5.73 Å². The summed E-state index contributed by atoms with van der Waals surface area (Å²) in [5, 5.41) is 11.2. The molecule has 8 heteroatoms. The Balaban J connectivity index is 2.79. The third kappa shape index (κ3) is 4.96. The number of para-hydroxylation sites is 1. The number of anilines is 1. The molecule has 1 aromatic rings. The SMILES string of the molecule is NC(=O)CN(CC(=O)O)C(=O)Nc1ccccc1Br. The standard InChI is InChI=1S/C11H12BrN3O4/c12-7-3-1-2-4-8(7)14-11(19)15(5-9(13)16)6-10(17)18/h1-4H,5-6H2,(H2,13,16)(H,14,19)(H,17,18). The first-order valence-corrected chi connectivity index (χ1v) is 6.00. The lowest BCUT2D eigenvalue weighted by molar-refractivity contribution is -0.137. The van der Waals surface area contributed by atoms with Crippen molar-refractivity contribution in [3.8, 4) is 0 Å². The predicted molar refractivity (Wildman–Crippen MR) is 71.6 cm³/mol. The smallest absolute Gasteiger partial charge is 0.323 e. The highest BCUT2D eigenvalue weighted by atomic mass is 79.9. The van der Waals surface area contributed by atoms with E-state index < -0.39 is 31.0 Å². The first kappa shape index (κ1) is 15.0. The average Bonchev–Trinajstić information content (AvgIpc) is 2.30. The molecule has 0 saturated carbocycles. The number of carboxylic acids is 1. The molecule has 0 heterocycles. The van der Waals surface area contributed by atoms with Gasteiger partial charge in [0.15, 0.2) is 0 Å². The van der Waals surface area contributed by atoms with Crippen molar-refractivity contribution in [3.63, 3.8) is 0 Å². The molecule has 4 N–H and O–H groups in total. The van der Waals surface area contributed by atoms with Gasteiger partial charge in [0.25, 0.3) is 0 Å². The van der Waals surface area contributed by atoms with Crippen molar-refractivity contribution in [2.75, 3.05) is 18.4 Å². The highest BCUT2D eigenvalue weighted by Crippen LogP contribution is 2.21. The second-order valence-corrected chi connectivity index (χ2v) is 4.48. The predicted octanol–water partition coefficient (Wildman–Crippen LogP) is 0.853. The van der Waals surface area contributed by atoms with Crippen molar-refractivity contribution in [1.82, 2.24) is 4.90 Å². The molecule has 0 bridgehead atoms. The molecule has 0 spiro atoms. The Hall–Kier alpha value is -2.09. The number of hydrogen-bond donors (Lipinski definition) is 3. The van der Waals surface area contributed by atoms with Crippen molar-refractivity contribution in [1.29, 1.82) is 0 Å². The van der Waals surface area contributed by atoms with Gasteiger partial charge in [0.1, 0.15) is 13.1 Å². The van der Waals surface area contributed by atoms with Crippen LogP contribution in [0.2, 0.25) is 0 Å². The normalized spacial score (nSPS) is 9.74. The molecule has 0 fully saturated rings. The number of carbonyl (C=O) groups is 3. The minimum Gasteiger partial charge on any atom is -0.480 e. The van der Waals surface area contributed by atoms with E-state index in [1.54, 1.807) is 24.3 Å². The summed E-state index contributed by atoms with van der Waals surface area (Å²) in [6, 6.07) is 6.10. The van der Waals surface area contributed by atoms with E-state index in [0.29, 0.717) is 10.2 Å². The van der Waals surface area contributed by atoms with Crippen LogP contribution in [-0.4, -0.2) is 41.0 Å². The Morgan fingerprint density at radius 1 is 1.26 bits per heavy atom. The van der Waals surface area contributed by atoms with E-state index in [9.17, 15) is 14.4 Å². The molecule has 0 aliphatic carbocycles. The van der Waals surface area contributed by atoms with Gasteiger partial charge in [-0.05, 0) is 28.1 Å². The maximum absolute atomic E-state index is 11.9. The van der Waals surface area contributed by atoms with Crippen LogP contribution in [0.1, 0.15) is 0 Å². The summed E-state index contributed by atoms with van der Waals surface area (Å²) in [7, 11) is 0. The Kier molecular flexibility index (Phi) is 5.31. The monoisotopic (exact) mass is 329 g/mol. The lowest BCUT2D eigenvalue weighted by atomic mass is 10.3. The van der Waals surface area contributed by atoms with Gasteiger partial charge in [-0.25, -0.2) is 4.79 Å². The first-order valence-electron chi connectivity index (χ1n) is 5.20. The number of benzene rings is 1. The van der Waals surface area contributed by atoms with Crippen LogP contribution in [0.5, 0.6) is 0 Å². The molecule has 7 nitrogen and oxygen atoms in total. The zero-order valence-corrected chi connectivity index (χ0v) is 11.4. The molecule has 102 valence electrons. The van der Waals surface area contributed by atoms with Gasteiger partial charge in [-0.2, -0.15) is 0 Å². The number of primary amides is 1. The maximum Gasteiger partial charge on any atom is 0.323 e. The number of amides is 3. The molecule has 1 aromatic carbocycles. The van der Waals surface area contributed by atoms with Gasteiger partial charge in [0.05, 0.1) is 5.69 Å². The van der Waals surface area contributed by atoms with Gasteiger partial charge >= 0.3 is 12.0 Å². The third-order valence-electron chi connectivity index (χ3n) is 2.08. The number of nitrogens with one attached hydrogen (secondary N) is 1. The zero-order valence-electron chi connectivity index (χ0n) is 9.80. The van der Waals surface area contributed by atoms with Crippen LogP contribution in [0.25, 0.3) is 0 Å². The summed E-state index contributed by atoms with van der Waals surface area (Å²) in [6.45, 7) is -1.08. The number of halogens is 1. The van der Waals surface area contributed by atoms with E-state index in [4.69, 9.17) is 10.8 Å². The summed E-state index contributed by atoms with van der Waals surface area (Å²) in [5.74, 6) is -2.02. The Morgan fingerprint density at radius 3 is 2.42 bits per heavy atom. The van der Waals surface area contributed by atoms with Crippen LogP contribution in [0.15, 0.2) is 28.7 Å². The lowest BCUT2D eigenvalue weighted by Crippen LogP contribution is -2.43. The zero-order chi connectivity index (χ0) is 14.4. The van der Waals surface area contributed by atoms with Crippen molar-refractivity contribution in [3.05, 3.63) is 28.7 Å². The fraction of sp³-hybridized carbons (Fsp3) is 0.182. The molecule has 0 atom stereocenters. The van der Waals surface area contributed by atoms with Gasteiger partial charge < -0.3 is 21.1 Å². The Labute approximate surface area is 117 Å². The van der Waals surface area contributed by atoms with Gasteiger partial charge in [-0.15, -0.1) is 0 Å². The minimum atomic E-state index is -1.23. The first-order chi connectivity index (χ1) is 8.90. The Morgan fingerprint density at radius 2 is 1.89 bits per heavy atom. The summed E-state index contributed by atoms with van der Waals surface area (Å²) in [4.78, 5) is 34.1. The molecule has 19 heavy (non-hydrogen) atoms. The molecular formula is C11H12BrN3O4. The van der Waals surface area contributed by atoms with Crippen LogP contribution < -0.4 is 11.1 Å². The number of rotatable bonds is 5. The lowest BCUT2D eigenvalue weighted by Gasteiger charge is -2.19. The summed E-state index contributed by atoms with van der Waals surface area (Å²) in [6.07, 6.45) is 0. The molecule has 0 unspecified atom stereocenters. The Bertz CT molecular complexity index is 490. The van der Waals surface area contributed by atoms with Crippen molar-refractivity contribution < 1.29 is 19.5 Å². The molecule has 0 aromatic heterocycles. The number of carbonyl (C=O) groups excluding carboxylic acids is 2. The second kappa shape index (κ2) is 6.74. The number of urea groups is 1. The molecule has 0 saturated heterocycles. The molecular weight excluding hydrogens is 318 g/mol. The molecule has 0 radical (unpaired) electrons. The van der Waals surface area contributed by atoms with Crippen LogP contribution in [0.3, 0.4) is 0 Å². The average molecular weight is 330 g/mol. The topological polar surface area (TPSA) is 113 Å². The highest BCUT2D eigenvalue weighted by molar-refractivity contribution is 9.10. The summed E-state index contributed by atoms with van der Waals surface area (Å²) in [5.41, 5.74) is 5.43. The number of nitrogens with zero attached hydrogens (tertiary/aromatic N) is 1. The van der Waals surface area contributed by atoms with Crippen LogP contribution in [0, 0.1) is 0 Å².